The van der Waals surface area contributed by atoms with Crippen LogP contribution < -0.4 is 0 Å². The number of carbonyl (C=O) groups excluding carboxylic acids is 1. The van der Waals surface area contributed by atoms with Gasteiger partial charge in [-0.2, -0.15) is 0 Å². The van der Waals surface area contributed by atoms with Gasteiger partial charge < -0.3 is 4.42 Å². The molecule has 1 atom stereocenters. The maximum atomic E-state index is 13.5. The molecule has 1 aliphatic heterocycles. The Morgan fingerprint density at radius 2 is 1.59 bits per heavy atom. The van der Waals surface area contributed by atoms with Crippen LogP contribution in [0.4, 0.5) is 10.1 Å². The number of halogens is 1. The Bertz CT molecular complexity index is 1360. The molecular formula is C28H21FN2O2S. The second kappa shape index (κ2) is 9.53. The molecule has 0 saturated carbocycles. The van der Waals surface area contributed by atoms with Crippen LogP contribution in [0.1, 0.15) is 24.3 Å². The van der Waals surface area contributed by atoms with Gasteiger partial charge in [-0.1, -0.05) is 48.5 Å². The average molecular weight is 469 g/mol. The van der Waals surface area contributed by atoms with Crippen molar-refractivity contribution in [3.05, 3.63) is 119 Å². The molecule has 4 nitrogen and oxygen atoms in total. The summed E-state index contributed by atoms with van der Waals surface area (Å²) in [5.74, 6) is 0.720. The van der Waals surface area contributed by atoms with Crippen LogP contribution in [0.5, 0.6) is 0 Å². The Labute approximate surface area is 201 Å². The first-order valence-electron chi connectivity index (χ1n) is 10.9. The lowest BCUT2D eigenvalue weighted by atomic mass is 10.1. The quantitative estimate of drug-likeness (QED) is 0.286. The van der Waals surface area contributed by atoms with Crippen LogP contribution in [0.25, 0.3) is 17.4 Å². The highest BCUT2D eigenvalue weighted by Gasteiger charge is 2.37. The number of amidine groups is 1. The first-order chi connectivity index (χ1) is 16.6. The van der Waals surface area contributed by atoms with Crippen LogP contribution in [0.3, 0.4) is 0 Å². The summed E-state index contributed by atoms with van der Waals surface area (Å²) in [5.41, 5.74) is 2.57. The van der Waals surface area contributed by atoms with Gasteiger partial charge in [-0.3, -0.25) is 9.69 Å². The van der Waals surface area contributed by atoms with Crippen molar-refractivity contribution in [3.8, 4) is 11.3 Å². The highest BCUT2D eigenvalue weighted by Crippen LogP contribution is 2.39. The number of nitrogens with zero attached hydrogens (tertiary/aromatic N) is 2. The number of carbonyl (C=O) groups is 1. The van der Waals surface area contributed by atoms with Gasteiger partial charge in [0.2, 0.25) is 0 Å². The second-order valence-electron chi connectivity index (χ2n) is 7.81. The van der Waals surface area contributed by atoms with Crippen molar-refractivity contribution in [2.24, 2.45) is 4.99 Å². The number of hydrogen-bond donors (Lipinski definition) is 0. The lowest BCUT2D eigenvalue weighted by molar-refractivity contribution is -0.123. The molecule has 0 N–H and O–H groups in total. The topological polar surface area (TPSA) is 45.8 Å². The summed E-state index contributed by atoms with van der Waals surface area (Å²) in [7, 11) is 0. The van der Waals surface area contributed by atoms with Crippen LogP contribution in [-0.4, -0.2) is 16.0 Å². The zero-order valence-electron chi connectivity index (χ0n) is 18.4. The molecule has 168 valence electrons. The molecule has 1 aromatic heterocycles. The number of hydrogen-bond acceptors (Lipinski definition) is 4. The molecule has 0 unspecified atom stereocenters. The van der Waals surface area contributed by atoms with Gasteiger partial charge in [0.1, 0.15) is 17.3 Å². The summed E-state index contributed by atoms with van der Waals surface area (Å²) >= 11 is 1.32. The van der Waals surface area contributed by atoms with E-state index in [0.29, 0.717) is 21.6 Å². The summed E-state index contributed by atoms with van der Waals surface area (Å²) < 4.78 is 19.2. The number of amides is 1. The van der Waals surface area contributed by atoms with Gasteiger partial charge in [0.05, 0.1) is 16.6 Å². The standard InChI is InChI=1S/C28H21FN2O2S/c1-19(20-8-4-2-5-9-20)31-27(32)26(34-28(31)30-23-10-6-3-7-11-23)18-24-16-17-25(33-24)21-12-14-22(29)15-13-21/h2-19H,1H3/b26-18+,30-28?/t19-/m0/s1. The van der Waals surface area contributed by atoms with Crippen LogP contribution in [0, 0.1) is 5.82 Å². The molecule has 0 radical (unpaired) electrons. The van der Waals surface area contributed by atoms with Crippen molar-refractivity contribution in [3.63, 3.8) is 0 Å². The third kappa shape index (κ3) is 4.58. The SMILES string of the molecule is C[C@@H](c1ccccc1)N1C(=O)/C(=C\c2ccc(-c3ccc(F)cc3)o2)SC1=Nc1ccccc1. The van der Waals surface area contributed by atoms with Gasteiger partial charge in [-0.05, 0) is 72.8 Å². The van der Waals surface area contributed by atoms with Gasteiger partial charge in [-0.25, -0.2) is 9.38 Å². The van der Waals surface area contributed by atoms with Gasteiger partial charge in [0.25, 0.3) is 5.91 Å². The lowest BCUT2D eigenvalue weighted by Crippen LogP contribution is -2.32. The fourth-order valence-corrected chi connectivity index (χ4v) is 4.78. The van der Waals surface area contributed by atoms with Crippen LogP contribution in [0.15, 0.2) is 111 Å². The predicted octanol–water partition coefficient (Wildman–Crippen LogP) is 7.45. The highest BCUT2D eigenvalue weighted by atomic mass is 32.2. The van der Waals surface area contributed by atoms with E-state index < -0.39 is 0 Å². The normalized spacial score (nSPS) is 17.0. The van der Waals surface area contributed by atoms with Crippen LogP contribution in [0.2, 0.25) is 0 Å². The van der Waals surface area contributed by atoms with E-state index >= 15 is 0 Å². The molecular weight excluding hydrogens is 447 g/mol. The number of aliphatic imine (C=N–C) groups is 1. The number of para-hydroxylation sites is 1. The molecule has 0 spiro atoms. The zero-order valence-corrected chi connectivity index (χ0v) is 19.2. The highest BCUT2D eigenvalue weighted by molar-refractivity contribution is 8.18. The minimum Gasteiger partial charge on any atom is -0.457 e. The zero-order chi connectivity index (χ0) is 23.5. The number of furan rings is 1. The van der Waals surface area contributed by atoms with E-state index in [-0.39, 0.29) is 17.8 Å². The molecule has 5 rings (SSSR count). The Kier molecular flexibility index (Phi) is 6.14. The van der Waals surface area contributed by atoms with Crippen molar-refractivity contribution in [1.29, 1.82) is 0 Å². The fraction of sp³-hybridized carbons (Fsp3) is 0.0714. The number of thioether (sulfide) groups is 1. The first kappa shape index (κ1) is 21.9. The Hall–Kier alpha value is -3.90. The van der Waals surface area contributed by atoms with E-state index in [0.717, 1.165) is 16.8 Å². The molecule has 2 heterocycles. The van der Waals surface area contributed by atoms with Gasteiger partial charge in [-0.15, -0.1) is 0 Å². The van der Waals surface area contributed by atoms with E-state index in [1.165, 1.54) is 23.9 Å². The second-order valence-corrected chi connectivity index (χ2v) is 8.82. The van der Waals surface area contributed by atoms with Crippen molar-refractivity contribution in [2.75, 3.05) is 0 Å². The number of benzene rings is 3. The van der Waals surface area contributed by atoms with Gasteiger partial charge in [0.15, 0.2) is 5.17 Å². The summed E-state index contributed by atoms with van der Waals surface area (Å²) in [6, 6.07) is 29.0. The Balaban J connectivity index is 1.49. The smallest absolute Gasteiger partial charge is 0.267 e. The first-order valence-corrected chi connectivity index (χ1v) is 11.7. The van der Waals surface area contributed by atoms with Crippen molar-refractivity contribution in [2.45, 2.75) is 13.0 Å². The van der Waals surface area contributed by atoms with Crippen LogP contribution >= 0.6 is 11.8 Å². The fourth-order valence-electron chi connectivity index (χ4n) is 3.73. The van der Waals surface area contributed by atoms with E-state index in [9.17, 15) is 9.18 Å². The minimum absolute atomic E-state index is 0.129. The molecule has 1 amide bonds. The predicted molar refractivity (Wildman–Crippen MR) is 135 cm³/mol. The molecule has 4 aromatic rings. The molecule has 1 fully saturated rings. The summed E-state index contributed by atoms with van der Waals surface area (Å²) in [6.07, 6.45) is 1.73. The largest absolute Gasteiger partial charge is 0.457 e. The third-order valence-corrected chi connectivity index (χ3v) is 6.50. The summed E-state index contributed by atoms with van der Waals surface area (Å²) in [6.45, 7) is 2.00. The molecule has 1 saturated heterocycles. The van der Waals surface area contributed by atoms with Crippen LogP contribution in [-0.2, 0) is 4.79 Å². The monoisotopic (exact) mass is 468 g/mol. The third-order valence-electron chi connectivity index (χ3n) is 5.52. The average Bonchev–Trinajstić information content (AvgIpc) is 3.45. The maximum absolute atomic E-state index is 13.5. The van der Waals surface area contributed by atoms with E-state index in [1.54, 1.807) is 29.2 Å². The minimum atomic E-state index is -0.302. The van der Waals surface area contributed by atoms with Crippen molar-refractivity contribution < 1.29 is 13.6 Å². The number of rotatable bonds is 5. The molecule has 6 heteroatoms. The lowest BCUT2D eigenvalue weighted by Gasteiger charge is -2.24. The Morgan fingerprint density at radius 1 is 0.912 bits per heavy atom. The van der Waals surface area contributed by atoms with Crippen molar-refractivity contribution in [1.82, 2.24) is 4.90 Å². The van der Waals surface area contributed by atoms with E-state index in [1.807, 2.05) is 73.7 Å². The molecule has 1 aliphatic rings. The maximum Gasteiger partial charge on any atom is 0.267 e. The van der Waals surface area contributed by atoms with E-state index in [2.05, 4.69) is 0 Å². The summed E-state index contributed by atoms with van der Waals surface area (Å²) in [4.78, 5) is 20.5. The summed E-state index contributed by atoms with van der Waals surface area (Å²) in [5, 5.41) is 0.615. The molecule has 34 heavy (non-hydrogen) atoms. The molecule has 3 aromatic carbocycles. The van der Waals surface area contributed by atoms with E-state index in [4.69, 9.17) is 9.41 Å². The van der Waals surface area contributed by atoms with Gasteiger partial charge >= 0.3 is 0 Å². The Morgan fingerprint density at radius 3 is 2.29 bits per heavy atom. The van der Waals surface area contributed by atoms with Crippen molar-refractivity contribution >= 4 is 34.6 Å². The molecule has 0 bridgehead atoms. The molecule has 0 aliphatic carbocycles. The van der Waals surface area contributed by atoms with Gasteiger partial charge in [0, 0.05) is 11.6 Å².